The van der Waals surface area contributed by atoms with Gasteiger partial charge in [0.25, 0.3) is 11.8 Å². The summed E-state index contributed by atoms with van der Waals surface area (Å²) in [7, 11) is 1.60. The van der Waals surface area contributed by atoms with Gasteiger partial charge in [0, 0.05) is 25.0 Å². The van der Waals surface area contributed by atoms with E-state index in [1.807, 2.05) is 0 Å². The van der Waals surface area contributed by atoms with Gasteiger partial charge in [-0.3, -0.25) is 14.3 Å². The molecule has 90 valence electrons. The number of imide groups is 1. The van der Waals surface area contributed by atoms with Crippen molar-refractivity contribution in [3.05, 3.63) is 24.0 Å². The molecule has 1 aliphatic rings. The van der Waals surface area contributed by atoms with Crippen molar-refractivity contribution in [2.75, 3.05) is 18.6 Å². The van der Waals surface area contributed by atoms with Gasteiger partial charge in [-0.1, -0.05) is 0 Å². The van der Waals surface area contributed by atoms with E-state index in [1.54, 1.807) is 24.9 Å². The molecule has 0 atom stereocenters. The minimum absolute atomic E-state index is 0.290. The molecule has 2 heterocycles. The SMILES string of the molecule is COCCn1cc(N2C(=O)C=C(C)C2=O)cn1. The number of hydrogen-bond donors (Lipinski definition) is 0. The zero-order valence-corrected chi connectivity index (χ0v) is 9.71. The van der Waals surface area contributed by atoms with Crippen LogP contribution in [-0.4, -0.2) is 35.3 Å². The van der Waals surface area contributed by atoms with Crippen molar-refractivity contribution < 1.29 is 14.3 Å². The molecule has 0 radical (unpaired) electrons. The average molecular weight is 235 g/mol. The second-order valence-electron chi connectivity index (χ2n) is 3.76. The number of carbonyl (C=O) groups is 2. The first-order chi connectivity index (χ1) is 8.13. The van der Waals surface area contributed by atoms with Gasteiger partial charge >= 0.3 is 0 Å². The molecule has 0 saturated carbocycles. The lowest BCUT2D eigenvalue weighted by Gasteiger charge is -2.10. The molecular weight excluding hydrogens is 222 g/mol. The van der Waals surface area contributed by atoms with Crippen molar-refractivity contribution in [1.29, 1.82) is 0 Å². The standard InChI is InChI=1S/C11H13N3O3/c1-8-5-10(15)14(11(8)16)9-6-12-13(7-9)3-4-17-2/h5-7H,3-4H2,1-2H3. The van der Waals surface area contributed by atoms with Crippen LogP contribution in [0.2, 0.25) is 0 Å². The summed E-state index contributed by atoms with van der Waals surface area (Å²) in [5, 5.41) is 4.06. The molecule has 6 heteroatoms. The van der Waals surface area contributed by atoms with Gasteiger partial charge in [-0.05, 0) is 6.92 Å². The Morgan fingerprint density at radius 3 is 2.76 bits per heavy atom. The molecule has 0 fully saturated rings. The fourth-order valence-electron chi connectivity index (χ4n) is 1.61. The van der Waals surface area contributed by atoms with Gasteiger partial charge in [-0.2, -0.15) is 5.10 Å². The molecule has 17 heavy (non-hydrogen) atoms. The second kappa shape index (κ2) is 4.50. The molecule has 1 aliphatic heterocycles. The first-order valence-corrected chi connectivity index (χ1v) is 5.21. The summed E-state index contributed by atoms with van der Waals surface area (Å²) in [6.07, 6.45) is 4.48. The smallest absolute Gasteiger partial charge is 0.261 e. The quantitative estimate of drug-likeness (QED) is 0.706. The summed E-state index contributed by atoms with van der Waals surface area (Å²) in [5.41, 5.74) is 0.934. The Labute approximate surface area is 98.5 Å². The predicted octanol–water partition coefficient (Wildman–Crippen LogP) is 0.349. The molecule has 1 aromatic rings. The number of hydrogen-bond acceptors (Lipinski definition) is 4. The summed E-state index contributed by atoms with van der Waals surface area (Å²) < 4.78 is 6.55. The van der Waals surface area contributed by atoms with Crippen LogP contribution in [0, 0.1) is 0 Å². The van der Waals surface area contributed by atoms with E-state index in [-0.39, 0.29) is 11.8 Å². The number of carbonyl (C=O) groups excluding carboxylic acids is 2. The summed E-state index contributed by atoms with van der Waals surface area (Å²) in [4.78, 5) is 24.4. The number of aromatic nitrogens is 2. The first-order valence-electron chi connectivity index (χ1n) is 5.21. The van der Waals surface area contributed by atoms with Crippen molar-refractivity contribution in [2.24, 2.45) is 0 Å². The maximum Gasteiger partial charge on any atom is 0.261 e. The van der Waals surface area contributed by atoms with Crippen LogP contribution < -0.4 is 4.90 Å². The van der Waals surface area contributed by atoms with Gasteiger partial charge in [0.2, 0.25) is 0 Å². The van der Waals surface area contributed by atoms with Gasteiger partial charge < -0.3 is 4.74 Å². The molecule has 0 bridgehead atoms. The van der Waals surface area contributed by atoms with Gasteiger partial charge in [0.05, 0.1) is 25.0 Å². The topological polar surface area (TPSA) is 64.4 Å². The number of methoxy groups -OCH3 is 1. The molecule has 0 spiro atoms. The number of rotatable bonds is 4. The summed E-state index contributed by atoms with van der Waals surface area (Å²) >= 11 is 0. The lowest BCUT2D eigenvalue weighted by molar-refractivity contribution is -0.120. The summed E-state index contributed by atoms with van der Waals surface area (Å²) in [5.74, 6) is -0.611. The third-order valence-electron chi connectivity index (χ3n) is 2.50. The number of nitrogens with zero attached hydrogens (tertiary/aromatic N) is 3. The maximum atomic E-state index is 11.7. The third-order valence-corrected chi connectivity index (χ3v) is 2.50. The van der Waals surface area contributed by atoms with Crippen molar-refractivity contribution >= 4 is 17.5 Å². The molecule has 2 rings (SSSR count). The van der Waals surface area contributed by atoms with Crippen LogP contribution in [0.25, 0.3) is 0 Å². The van der Waals surface area contributed by atoms with E-state index < -0.39 is 0 Å². The van der Waals surface area contributed by atoms with E-state index >= 15 is 0 Å². The number of ether oxygens (including phenoxy) is 1. The van der Waals surface area contributed by atoms with Crippen LogP contribution in [0.3, 0.4) is 0 Å². The van der Waals surface area contributed by atoms with Gasteiger partial charge in [-0.15, -0.1) is 0 Å². The number of amides is 2. The Balaban J connectivity index is 2.16. The van der Waals surface area contributed by atoms with Gasteiger partial charge in [0.15, 0.2) is 0 Å². The van der Waals surface area contributed by atoms with E-state index in [1.165, 1.54) is 12.3 Å². The predicted molar refractivity (Wildman–Crippen MR) is 60.4 cm³/mol. The zero-order chi connectivity index (χ0) is 12.4. The van der Waals surface area contributed by atoms with E-state index in [9.17, 15) is 9.59 Å². The zero-order valence-electron chi connectivity index (χ0n) is 9.71. The Morgan fingerprint density at radius 2 is 2.18 bits per heavy atom. The van der Waals surface area contributed by atoms with E-state index in [2.05, 4.69) is 5.10 Å². The minimum Gasteiger partial charge on any atom is -0.383 e. The minimum atomic E-state index is -0.321. The van der Waals surface area contributed by atoms with E-state index in [0.29, 0.717) is 24.4 Å². The Morgan fingerprint density at radius 1 is 1.41 bits per heavy atom. The molecule has 0 N–H and O–H groups in total. The van der Waals surface area contributed by atoms with E-state index in [4.69, 9.17) is 4.74 Å². The highest BCUT2D eigenvalue weighted by Crippen LogP contribution is 2.21. The fraction of sp³-hybridized carbons (Fsp3) is 0.364. The van der Waals surface area contributed by atoms with Crippen molar-refractivity contribution in [3.63, 3.8) is 0 Å². The van der Waals surface area contributed by atoms with Crippen LogP contribution in [0.1, 0.15) is 6.92 Å². The van der Waals surface area contributed by atoms with Crippen LogP contribution in [0.4, 0.5) is 5.69 Å². The molecule has 6 nitrogen and oxygen atoms in total. The molecule has 1 aromatic heterocycles. The van der Waals surface area contributed by atoms with Crippen LogP contribution >= 0.6 is 0 Å². The highest BCUT2D eigenvalue weighted by Gasteiger charge is 2.30. The van der Waals surface area contributed by atoms with Crippen LogP contribution in [-0.2, 0) is 20.9 Å². The maximum absolute atomic E-state index is 11.7. The van der Waals surface area contributed by atoms with Gasteiger partial charge in [-0.25, -0.2) is 4.90 Å². The monoisotopic (exact) mass is 235 g/mol. The summed E-state index contributed by atoms with van der Waals surface area (Å²) in [6.45, 7) is 2.73. The highest BCUT2D eigenvalue weighted by molar-refractivity contribution is 6.30. The molecule has 0 aromatic carbocycles. The Hall–Kier alpha value is -1.95. The molecular formula is C11H13N3O3. The Bertz CT molecular complexity index is 490. The molecule has 0 aliphatic carbocycles. The first kappa shape index (κ1) is 11.5. The normalized spacial score (nSPS) is 15.6. The summed E-state index contributed by atoms with van der Waals surface area (Å²) in [6, 6.07) is 0. The molecule has 2 amide bonds. The molecule has 0 saturated heterocycles. The van der Waals surface area contributed by atoms with E-state index in [0.717, 1.165) is 4.90 Å². The molecule has 0 unspecified atom stereocenters. The van der Waals surface area contributed by atoms with Crippen molar-refractivity contribution in [1.82, 2.24) is 9.78 Å². The lowest BCUT2D eigenvalue weighted by atomic mass is 10.3. The highest BCUT2D eigenvalue weighted by atomic mass is 16.5. The van der Waals surface area contributed by atoms with Crippen molar-refractivity contribution in [3.8, 4) is 0 Å². The largest absolute Gasteiger partial charge is 0.383 e. The van der Waals surface area contributed by atoms with Crippen molar-refractivity contribution in [2.45, 2.75) is 13.5 Å². The second-order valence-corrected chi connectivity index (χ2v) is 3.76. The lowest BCUT2D eigenvalue weighted by Crippen LogP contribution is -2.30. The average Bonchev–Trinajstić information content (AvgIpc) is 2.83. The van der Waals surface area contributed by atoms with Gasteiger partial charge in [0.1, 0.15) is 0 Å². The van der Waals surface area contributed by atoms with Crippen LogP contribution in [0.5, 0.6) is 0 Å². The number of anilines is 1. The van der Waals surface area contributed by atoms with Crippen LogP contribution in [0.15, 0.2) is 24.0 Å². The fourth-order valence-corrected chi connectivity index (χ4v) is 1.61. The Kier molecular flexibility index (Phi) is 3.06. The third kappa shape index (κ3) is 2.12.